The fourth-order valence-corrected chi connectivity index (χ4v) is 2.86. The number of nitrogens with zero attached hydrogens (tertiary/aromatic N) is 3. The van der Waals surface area contributed by atoms with E-state index >= 15 is 0 Å². The summed E-state index contributed by atoms with van der Waals surface area (Å²) in [6.45, 7) is 6.10. The predicted octanol–water partition coefficient (Wildman–Crippen LogP) is 3.47. The number of carbonyl (C=O) groups is 1. The van der Waals surface area contributed by atoms with Crippen molar-refractivity contribution >= 4 is 27.9 Å². The van der Waals surface area contributed by atoms with E-state index in [9.17, 15) is 4.79 Å². The van der Waals surface area contributed by atoms with Crippen LogP contribution in [0.15, 0.2) is 29.8 Å². The van der Waals surface area contributed by atoms with E-state index in [1.807, 2.05) is 31.2 Å². The molecule has 0 aliphatic carbocycles. The number of fused-ring (bicyclic) bond motifs is 1. The van der Waals surface area contributed by atoms with E-state index in [1.54, 1.807) is 10.0 Å². The lowest BCUT2D eigenvalue weighted by Gasteiger charge is -2.08. The minimum atomic E-state index is -0.191. The van der Waals surface area contributed by atoms with Gasteiger partial charge in [-0.15, -0.1) is 0 Å². The van der Waals surface area contributed by atoms with Gasteiger partial charge in [-0.25, -0.2) is 4.98 Å². The van der Waals surface area contributed by atoms with Crippen LogP contribution in [0.25, 0.3) is 4.96 Å². The highest BCUT2D eigenvalue weighted by molar-refractivity contribution is 7.14. The second-order valence-electron chi connectivity index (χ2n) is 5.21. The summed E-state index contributed by atoms with van der Waals surface area (Å²) < 4.78 is 1.58. The zero-order valence-electron chi connectivity index (χ0n) is 12.1. The quantitative estimate of drug-likeness (QED) is 0.805. The maximum atomic E-state index is 12.4. The standard InChI is InChI=1S/C15H16N4OS/c1-9(2)11-4-6-12(7-5-11)18-14(20)13-10(3)17-15-19(13)16-8-21-15/h4-9H,1-3H3,(H,18,20). The summed E-state index contributed by atoms with van der Waals surface area (Å²) in [5.74, 6) is 0.282. The van der Waals surface area contributed by atoms with Gasteiger partial charge in [-0.2, -0.15) is 9.61 Å². The van der Waals surface area contributed by atoms with E-state index in [0.29, 0.717) is 17.3 Å². The number of benzene rings is 1. The molecule has 1 aromatic carbocycles. The van der Waals surface area contributed by atoms with Gasteiger partial charge in [-0.1, -0.05) is 37.3 Å². The summed E-state index contributed by atoms with van der Waals surface area (Å²) in [5, 5.41) is 7.05. The molecule has 0 saturated heterocycles. The van der Waals surface area contributed by atoms with Gasteiger partial charge in [0.05, 0.1) is 5.69 Å². The van der Waals surface area contributed by atoms with Crippen LogP contribution in [0, 0.1) is 6.92 Å². The fourth-order valence-electron chi connectivity index (χ4n) is 2.20. The molecule has 3 aromatic rings. The van der Waals surface area contributed by atoms with Gasteiger partial charge in [-0.05, 0) is 30.5 Å². The zero-order chi connectivity index (χ0) is 15.0. The Morgan fingerprint density at radius 3 is 2.67 bits per heavy atom. The first-order chi connectivity index (χ1) is 10.1. The lowest BCUT2D eigenvalue weighted by atomic mass is 10.0. The molecule has 1 N–H and O–H groups in total. The third-order valence-corrected chi connectivity index (χ3v) is 4.04. The normalized spacial score (nSPS) is 11.2. The highest BCUT2D eigenvalue weighted by Crippen LogP contribution is 2.19. The number of rotatable bonds is 3. The van der Waals surface area contributed by atoms with Gasteiger partial charge in [0.1, 0.15) is 5.51 Å². The minimum Gasteiger partial charge on any atom is -0.321 e. The second-order valence-corrected chi connectivity index (χ2v) is 6.02. The maximum absolute atomic E-state index is 12.4. The smallest absolute Gasteiger partial charge is 0.276 e. The van der Waals surface area contributed by atoms with Crippen molar-refractivity contribution < 1.29 is 4.79 Å². The number of imidazole rings is 1. The summed E-state index contributed by atoms with van der Waals surface area (Å²) in [6.07, 6.45) is 0. The van der Waals surface area contributed by atoms with Gasteiger partial charge < -0.3 is 5.32 Å². The molecule has 0 bridgehead atoms. The average Bonchev–Trinajstić information content (AvgIpc) is 2.98. The number of hydrogen-bond donors (Lipinski definition) is 1. The highest BCUT2D eigenvalue weighted by atomic mass is 32.1. The molecule has 1 amide bonds. The Hall–Kier alpha value is -2.21. The molecule has 0 fully saturated rings. The van der Waals surface area contributed by atoms with Crippen LogP contribution in [0.1, 0.15) is 41.5 Å². The molecule has 21 heavy (non-hydrogen) atoms. The van der Waals surface area contributed by atoms with Crippen molar-refractivity contribution in [1.29, 1.82) is 0 Å². The van der Waals surface area contributed by atoms with Crippen molar-refractivity contribution in [1.82, 2.24) is 14.6 Å². The monoisotopic (exact) mass is 300 g/mol. The third-order valence-electron chi connectivity index (χ3n) is 3.37. The average molecular weight is 300 g/mol. The number of carbonyl (C=O) groups excluding carboxylic acids is 1. The van der Waals surface area contributed by atoms with Gasteiger partial charge >= 0.3 is 0 Å². The van der Waals surface area contributed by atoms with Gasteiger partial charge in [0.2, 0.25) is 4.96 Å². The second kappa shape index (κ2) is 5.29. The Labute approximate surface area is 126 Å². The highest BCUT2D eigenvalue weighted by Gasteiger charge is 2.18. The van der Waals surface area contributed by atoms with Crippen molar-refractivity contribution in [2.45, 2.75) is 26.7 Å². The van der Waals surface area contributed by atoms with E-state index < -0.39 is 0 Å². The number of hydrogen-bond acceptors (Lipinski definition) is 4. The molecular formula is C15H16N4OS. The predicted molar refractivity (Wildman–Crippen MR) is 84.1 cm³/mol. The van der Waals surface area contributed by atoms with Crippen LogP contribution < -0.4 is 5.32 Å². The van der Waals surface area contributed by atoms with Crippen molar-refractivity contribution in [2.75, 3.05) is 5.32 Å². The molecule has 5 nitrogen and oxygen atoms in total. The Morgan fingerprint density at radius 2 is 2.00 bits per heavy atom. The van der Waals surface area contributed by atoms with Crippen LogP contribution in [0.3, 0.4) is 0 Å². The Bertz CT molecular complexity index is 786. The molecule has 0 unspecified atom stereocenters. The van der Waals surface area contributed by atoms with Crippen LogP contribution in [-0.4, -0.2) is 20.5 Å². The van der Waals surface area contributed by atoms with Gasteiger partial charge in [0.15, 0.2) is 5.69 Å². The Kier molecular flexibility index (Phi) is 3.47. The summed E-state index contributed by atoms with van der Waals surface area (Å²) in [7, 11) is 0. The molecule has 2 heterocycles. The maximum Gasteiger partial charge on any atom is 0.276 e. The third kappa shape index (κ3) is 2.54. The summed E-state index contributed by atoms with van der Waals surface area (Å²) >= 11 is 1.41. The molecule has 2 aromatic heterocycles. The first-order valence-corrected chi connectivity index (χ1v) is 7.64. The molecule has 108 valence electrons. The molecule has 3 rings (SSSR count). The van der Waals surface area contributed by atoms with Crippen molar-refractivity contribution in [3.63, 3.8) is 0 Å². The summed E-state index contributed by atoms with van der Waals surface area (Å²) in [4.78, 5) is 17.5. The molecule has 0 saturated carbocycles. The van der Waals surface area contributed by atoms with Gasteiger partial charge in [0.25, 0.3) is 5.91 Å². The largest absolute Gasteiger partial charge is 0.321 e. The summed E-state index contributed by atoms with van der Waals surface area (Å²) in [6, 6.07) is 7.90. The Morgan fingerprint density at radius 1 is 1.29 bits per heavy atom. The van der Waals surface area contributed by atoms with Crippen molar-refractivity contribution in [3.8, 4) is 0 Å². The molecule has 0 aliphatic heterocycles. The van der Waals surface area contributed by atoms with E-state index in [4.69, 9.17) is 0 Å². The molecule has 6 heteroatoms. The van der Waals surface area contributed by atoms with Crippen LogP contribution in [0.5, 0.6) is 0 Å². The number of aryl methyl sites for hydroxylation is 1. The van der Waals surface area contributed by atoms with E-state index in [0.717, 1.165) is 10.6 Å². The van der Waals surface area contributed by atoms with Crippen LogP contribution >= 0.6 is 11.3 Å². The van der Waals surface area contributed by atoms with Gasteiger partial charge in [-0.3, -0.25) is 4.79 Å². The van der Waals surface area contributed by atoms with Gasteiger partial charge in [0, 0.05) is 5.69 Å². The van der Waals surface area contributed by atoms with E-state index in [-0.39, 0.29) is 5.91 Å². The lowest BCUT2D eigenvalue weighted by Crippen LogP contribution is -2.16. The van der Waals surface area contributed by atoms with Crippen molar-refractivity contribution in [2.24, 2.45) is 0 Å². The van der Waals surface area contributed by atoms with Crippen LogP contribution in [0.2, 0.25) is 0 Å². The van der Waals surface area contributed by atoms with Crippen LogP contribution in [-0.2, 0) is 0 Å². The lowest BCUT2D eigenvalue weighted by molar-refractivity contribution is 0.102. The molecule has 0 spiro atoms. The fraction of sp³-hybridized carbons (Fsp3) is 0.267. The topological polar surface area (TPSA) is 59.3 Å². The van der Waals surface area contributed by atoms with E-state index in [2.05, 4.69) is 29.2 Å². The SMILES string of the molecule is Cc1nc2scnn2c1C(=O)Nc1ccc(C(C)C)cc1. The number of anilines is 1. The molecule has 0 radical (unpaired) electrons. The number of nitrogens with one attached hydrogen (secondary N) is 1. The minimum absolute atomic E-state index is 0.191. The molecular weight excluding hydrogens is 284 g/mol. The first-order valence-electron chi connectivity index (χ1n) is 6.76. The molecule has 0 aliphatic rings. The Balaban J connectivity index is 1.86. The first kappa shape index (κ1) is 13.8. The molecule has 0 atom stereocenters. The number of aromatic nitrogens is 3. The van der Waals surface area contributed by atoms with Crippen LogP contribution in [0.4, 0.5) is 5.69 Å². The zero-order valence-corrected chi connectivity index (χ0v) is 12.9. The van der Waals surface area contributed by atoms with E-state index in [1.165, 1.54) is 16.9 Å². The summed E-state index contributed by atoms with van der Waals surface area (Å²) in [5.41, 5.74) is 4.87. The number of amides is 1. The van der Waals surface area contributed by atoms with Crippen molar-refractivity contribution in [3.05, 3.63) is 46.7 Å².